The van der Waals surface area contributed by atoms with Gasteiger partial charge in [-0.25, -0.2) is 4.79 Å². The van der Waals surface area contributed by atoms with Gasteiger partial charge in [-0.15, -0.1) is 0 Å². The van der Waals surface area contributed by atoms with E-state index >= 15 is 0 Å². The molecule has 2 aliphatic carbocycles. The molecular weight excluding hydrogens is 486 g/mol. The van der Waals surface area contributed by atoms with Gasteiger partial charge >= 0.3 is 5.97 Å². The van der Waals surface area contributed by atoms with E-state index < -0.39 is 41.3 Å². The lowest BCUT2D eigenvalue weighted by molar-refractivity contribution is -0.152. The van der Waals surface area contributed by atoms with Crippen molar-refractivity contribution < 1.29 is 24.3 Å². The number of carboxylic acids is 1. The van der Waals surface area contributed by atoms with Crippen molar-refractivity contribution in [1.82, 2.24) is 15.5 Å². The maximum absolute atomic E-state index is 13.9. The van der Waals surface area contributed by atoms with Crippen LogP contribution in [0.1, 0.15) is 79.1 Å². The number of hydrogen-bond donors (Lipinski definition) is 3. The molecule has 4 rings (SSSR count). The first-order valence-corrected chi connectivity index (χ1v) is 14.2. The summed E-state index contributed by atoms with van der Waals surface area (Å²) < 4.78 is 0. The Kier molecular flexibility index (Phi) is 8.57. The molecule has 0 aromatic heterocycles. The molecule has 3 fully saturated rings. The number of nitrogens with one attached hydrogen (secondary N) is 2. The van der Waals surface area contributed by atoms with Gasteiger partial charge in [0, 0.05) is 6.54 Å². The molecule has 4 aliphatic rings. The molecule has 6 atom stereocenters. The molecule has 1 saturated heterocycles. The number of aliphatic imine (C=N–C) groups is 2. The Bertz CT molecular complexity index is 996. The predicted molar refractivity (Wildman–Crippen MR) is 144 cm³/mol. The number of fused-ring (bicyclic) bond motifs is 1. The van der Waals surface area contributed by atoms with Gasteiger partial charge in [-0.1, -0.05) is 46.5 Å². The van der Waals surface area contributed by atoms with E-state index in [9.17, 15) is 24.3 Å². The van der Waals surface area contributed by atoms with Gasteiger partial charge in [0.05, 0.1) is 18.8 Å². The van der Waals surface area contributed by atoms with Crippen LogP contribution in [0.3, 0.4) is 0 Å². The molecule has 0 bridgehead atoms. The third-order valence-electron chi connectivity index (χ3n) is 8.69. The van der Waals surface area contributed by atoms with Gasteiger partial charge in [0.2, 0.25) is 11.8 Å². The first-order chi connectivity index (χ1) is 18.0. The highest BCUT2D eigenvalue weighted by atomic mass is 16.4. The third-order valence-corrected chi connectivity index (χ3v) is 8.69. The van der Waals surface area contributed by atoms with Crippen molar-refractivity contribution in [2.75, 3.05) is 13.1 Å². The second-order valence-corrected chi connectivity index (χ2v) is 12.6. The van der Waals surface area contributed by atoms with Crippen molar-refractivity contribution in [3.8, 4) is 0 Å². The smallest absolute Gasteiger partial charge is 0.326 e. The normalized spacial score (nSPS) is 29.3. The van der Waals surface area contributed by atoms with Crippen LogP contribution >= 0.6 is 0 Å². The second-order valence-electron chi connectivity index (χ2n) is 12.6. The molecular formula is C28H43N5O5. The number of carboxylic acid groups (broad SMARTS) is 1. The number of rotatable bonds is 7. The number of likely N-dealkylation sites (tertiary alicyclic amines) is 1. The minimum atomic E-state index is -0.983. The molecule has 0 aromatic rings. The summed E-state index contributed by atoms with van der Waals surface area (Å²) >= 11 is 0. The van der Waals surface area contributed by atoms with E-state index in [4.69, 9.17) is 0 Å². The zero-order valence-electron chi connectivity index (χ0n) is 23.1. The molecule has 0 spiro atoms. The average Bonchev–Trinajstić information content (AvgIpc) is 3.46. The fraction of sp³-hybridized carbons (Fsp3) is 0.786. The molecule has 2 heterocycles. The quantitative estimate of drug-likeness (QED) is 0.464. The maximum atomic E-state index is 13.9. The van der Waals surface area contributed by atoms with Crippen LogP contribution in [0.5, 0.6) is 0 Å². The summed E-state index contributed by atoms with van der Waals surface area (Å²) in [7, 11) is 0. The van der Waals surface area contributed by atoms with Gasteiger partial charge in [0.25, 0.3) is 5.91 Å². The molecule has 10 heteroatoms. The van der Waals surface area contributed by atoms with Crippen LogP contribution in [-0.2, 0) is 19.2 Å². The van der Waals surface area contributed by atoms with Gasteiger partial charge in [-0.3, -0.25) is 24.4 Å². The Labute approximate surface area is 225 Å². The Balaban J connectivity index is 1.55. The van der Waals surface area contributed by atoms with Crippen LogP contribution in [0.4, 0.5) is 0 Å². The van der Waals surface area contributed by atoms with Gasteiger partial charge < -0.3 is 20.6 Å². The topological polar surface area (TPSA) is 141 Å². The first kappa shape index (κ1) is 28.2. The van der Waals surface area contributed by atoms with Crippen molar-refractivity contribution in [1.29, 1.82) is 0 Å². The van der Waals surface area contributed by atoms with Gasteiger partial charge in [0.1, 0.15) is 23.8 Å². The summed E-state index contributed by atoms with van der Waals surface area (Å²) in [5, 5.41) is 15.9. The van der Waals surface area contributed by atoms with Crippen LogP contribution in [0, 0.1) is 23.2 Å². The maximum Gasteiger partial charge on any atom is 0.326 e. The zero-order valence-corrected chi connectivity index (χ0v) is 23.1. The molecule has 0 aromatic carbocycles. The van der Waals surface area contributed by atoms with E-state index in [-0.39, 0.29) is 35.4 Å². The van der Waals surface area contributed by atoms with Crippen molar-refractivity contribution in [2.45, 2.75) is 103 Å². The number of aliphatic carboxylic acids is 1. The van der Waals surface area contributed by atoms with E-state index in [1.54, 1.807) is 0 Å². The fourth-order valence-electron chi connectivity index (χ4n) is 6.70. The predicted octanol–water partition coefficient (Wildman–Crippen LogP) is 2.21. The lowest BCUT2D eigenvalue weighted by Gasteiger charge is -2.37. The molecule has 2 aliphatic heterocycles. The van der Waals surface area contributed by atoms with Gasteiger partial charge in [-0.05, 0) is 55.8 Å². The van der Waals surface area contributed by atoms with E-state index in [1.807, 2.05) is 27.7 Å². The SMILES string of the molecule is CC1CN=CC(C(=O)NC(C(=O)NC(C(=O)N2CC3CCCC3C2C(=O)O)C(C)(C)C)C2CCCCC2)=N1. The lowest BCUT2D eigenvalue weighted by Crippen LogP contribution is -2.61. The van der Waals surface area contributed by atoms with E-state index in [0.29, 0.717) is 13.1 Å². The van der Waals surface area contributed by atoms with Crippen molar-refractivity contribution in [2.24, 2.45) is 33.2 Å². The Morgan fingerprint density at radius 1 is 1.03 bits per heavy atom. The zero-order chi connectivity index (χ0) is 27.6. The molecule has 0 radical (unpaired) electrons. The molecule has 3 N–H and O–H groups in total. The van der Waals surface area contributed by atoms with E-state index in [0.717, 1.165) is 51.4 Å². The van der Waals surface area contributed by atoms with Crippen LogP contribution in [0.25, 0.3) is 0 Å². The minimum absolute atomic E-state index is 0.0395. The highest BCUT2D eigenvalue weighted by Gasteiger charge is 2.52. The van der Waals surface area contributed by atoms with Crippen LogP contribution in [0.2, 0.25) is 0 Å². The molecule has 10 nitrogen and oxygen atoms in total. The number of nitrogens with zero attached hydrogens (tertiary/aromatic N) is 3. The van der Waals surface area contributed by atoms with Crippen molar-refractivity contribution in [3.05, 3.63) is 0 Å². The molecule has 38 heavy (non-hydrogen) atoms. The Morgan fingerprint density at radius 2 is 1.74 bits per heavy atom. The largest absolute Gasteiger partial charge is 0.480 e. The molecule has 210 valence electrons. The number of amides is 3. The third kappa shape index (κ3) is 6.10. The standard InChI is InChI=1S/C28H43N5O5/c1-16-13-29-14-20(30-16)24(34)31-21(17-9-6-5-7-10-17)25(35)32-23(28(2,3)4)26(36)33-15-18-11-8-12-19(18)22(33)27(37)38/h14,16-19,21-23H,5-13,15H2,1-4H3,(H,31,34)(H,32,35)(H,37,38). The summed E-state index contributed by atoms with van der Waals surface area (Å²) in [6.45, 7) is 8.41. The van der Waals surface area contributed by atoms with E-state index in [2.05, 4.69) is 20.6 Å². The summed E-state index contributed by atoms with van der Waals surface area (Å²) in [5.41, 5.74) is -0.460. The number of carbonyl (C=O) groups is 4. The molecule has 3 amide bonds. The Hall–Kier alpha value is -2.78. The summed E-state index contributed by atoms with van der Waals surface area (Å²) in [4.78, 5) is 63.1. The number of carbonyl (C=O) groups excluding carboxylic acids is 3. The molecule has 2 saturated carbocycles. The highest BCUT2D eigenvalue weighted by Crippen LogP contribution is 2.43. The van der Waals surface area contributed by atoms with Crippen molar-refractivity contribution >= 4 is 35.6 Å². The summed E-state index contributed by atoms with van der Waals surface area (Å²) in [5.74, 6) is -2.11. The van der Waals surface area contributed by atoms with Crippen LogP contribution in [-0.4, -0.2) is 82.9 Å². The van der Waals surface area contributed by atoms with E-state index in [1.165, 1.54) is 11.1 Å². The lowest BCUT2D eigenvalue weighted by atomic mass is 9.82. The fourth-order valence-corrected chi connectivity index (χ4v) is 6.70. The Morgan fingerprint density at radius 3 is 2.37 bits per heavy atom. The second kappa shape index (κ2) is 11.5. The van der Waals surface area contributed by atoms with Crippen LogP contribution in [0.15, 0.2) is 9.98 Å². The summed E-state index contributed by atoms with van der Waals surface area (Å²) in [6.07, 6.45) is 8.81. The minimum Gasteiger partial charge on any atom is -0.480 e. The summed E-state index contributed by atoms with van der Waals surface area (Å²) in [6, 6.07) is -2.71. The molecule has 6 unspecified atom stereocenters. The van der Waals surface area contributed by atoms with Crippen LogP contribution < -0.4 is 10.6 Å². The first-order valence-electron chi connectivity index (χ1n) is 14.2. The van der Waals surface area contributed by atoms with Gasteiger partial charge in [-0.2, -0.15) is 0 Å². The highest BCUT2D eigenvalue weighted by molar-refractivity contribution is 6.61. The number of hydrogen-bond acceptors (Lipinski definition) is 6. The van der Waals surface area contributed by atoms with Crippen molar-refractivity contribution in [3.63, 3.8) is 0 Å². The van der Waals surface area contributed by atoms with Gasteiger partial charge in [0.15, 0.2) is 0 Å². The average molecular weight is 530 g/mol. The monoisotopic (exact) mass is 529 g/mol.